The number of rotatable bonds is 4. The molecule has 5 aromatic rings. The lowest BCUT2D eigenvalue weighted by Gasteiger charge is -2.24. The van der Waals surface area contributed by atoms with E-state index in [1.54, 1.807) is 10.7 Å². The second kappa shape index (κ2) is 8.17. The lowest BCUT2D eigenvalue weighted by atomic mass is 9.81. The smallest absolute Gasteiger partial charge is 0.337 e. The van der Waals surface area contributed by atoms with Gasteiger partial charge in [0, 0.05) is 23.6 Å². The molecular formula is C29H22N2O4S. The van der Waals surface area contributed by atoms with Gasteiger partial charge < -0.3 is 5.11 Å². The molecule has 0 saturated heterocycles. The molecule has 0 atom stereocenters. The van der Waals surface area contributed by atoms with Crippen LogP contribution < -0.4 is 0 Å². The maximum Gasteiger partial charge on any atom is 0.337 e. The standard InChI is InChI=1S/C29H22N2O4S/c1-36(34,35)26-16-23(21-13-7-9-18-8-5-6-12-20(18)21)22-14-15-25-24(27(22)28(26)29(32)33)17-31(30-25)19-10-3-2-4-11-19/h2-13,16-17H,14-15H2,1H3,(H,32,33). The maximum absolute atomic E-state index is 12.9. The van der Waals surface area contributed by atoms with E-state index in [1.807, 2.05) is 79.0 Å². The number of aryl methyl sites for hydroxylation is 1. The maximum atomic E-state index is 12.9. The first-order chi connectivity index (χ1) is 17.3. The zero-order valence-electron chi connectivity index (χ0n) is 19.5. The van der Waals surface area contributed by atoms with Gasteiger partial charge in [0.15, 0.2) is 9.84 Å². The van der Waals surface area contributed by atoms with Gasteiger partial charge >= 0.3 is 5.97 Å². The molecule has 6 nitrogen and oxygen atoms in total. The Labute approximate surface area is 208 Å². The summed E-state index contributed by atoms with van der Waals surface area (Å²) in [4.78, 5) is 12.4. The summed E-state index contributed by atoms with van der Waals surface area (Å²) in [6, 6.07) is 25.0. The van der Waals surface area contributed by atoms with Gasteiger partial charge in [-0.15, -0.1) is 0 Å². The number of benzene rings is 4. The molecule has 1 aromatic heterocycles. The molecule has 0 fully saturated rings. The minimum absolute atomic E-state index is 0.183. The van der Waals surface area contributed by atoms with Gasteiger partial charge in [-0.25, -0.2) is 17.9 Å². The second-order valence-electron chi connectivity index (χ2n) is 9.02. The number of aromatic nitrogens is 2. The number of aromatic carboxylic acids is 1. The van der Waals surface area contributed by atoms with E-state index in [0.717, 1.165) is 45.1 Å². The fourth-order valence-corrected chi connectivity index (χ4v) is 6.11. The van der Waals surface area contributed by atoms with Crippen molar-refractivity contribution in [3.8, 4) is 27.9 Å². The van der Waals surface area contributed by atoms with Crippen LogP contribution in [-0.2, 0) is 22.7 Å². The van der Waals surface area contributed by atoms with Crippen LogP contribution in [0.1, 0.15) is 21.6 Å². The molecule has 0 unspecified atom stereocenters. The first kappa shape index (κ1) is 22.2. The third-order valence-corrected chi connectivity index (χ3v) is 7.91. The summed E-state index contributed by atoms with van der Waals surface area (Å²) < 4.78 is 27.6. The van der Waals surface area contributed by atoms with Crippen molar-refractivity contribution in [3.05, 3.63) is 102 Å². The monoisotopic (exact) mass is 494 g/mol. The predicted octanol–water partition coefficient (Wildman–Crippen LogP) is 5.56. The van der Waals surface area contributed by atoms with Gasteiger partial charge in [-0.05, 0) is 58.5 Å². The highest BCUT2D eigenvalue weighted by molar-refractivity contribution is 7.90. The quantitative estimate of drug-likeness (QED) is 0.353. The highest BCUT2D eigenvalue weighted by atomic mass is 32.2. The van der Waals surface area contributed by atoms with Crippen LogP contribution in [0.5, 0.6) is 0 Å². The minimum atomic E-state index is -3.85. The van der Waals surface area contributed by atoms with Gasteiger partial charge in [0.05, 0.1) is 21.8 Å². The van der Waals surface area contributed by atoms with Crippen molar-refractivity contribution in [2.75, 3.05) is 6.26 Å². The molecule has 0 radical (unpaired) electrons. The Morgan fingerprint density at radius 1 is 0.889 bits per heavy atom. The molecule has 7 heteroatoms. The van der Waals surface area contributed by atoms with Crippen LogP contribution in [0.4, 0.5) is 0 Å². The molecule has 1 N–H and O–H groups in total. The molecule has 6 rings (SSSR count). The molecule has 0 amide bonds. The number of carboxylic acids is 1. The van der Waals surface area contributed by atoms with Crippen molar-refractivity contribution in [2.45, 2.75) is 17.7 Å². The van der Waals surface area contributed by atoms with Crippen LogP contribution in [0.3, 0.4) is 0 Å². The van der Waals surface area contributed by atoms with E-state index in [-0.39, 0.29) is 10.5 Å². The van der Waals surface area contributed by atoms with Gasteiger partial charge in [-0.2, -0.15) is 5.10 Å². The van der Waals surface area contributed by atoms with E-state index in [0.29, 0.717) is 24.0 Å². The van der Waals surface area contributed by atoms with E-state index in [1.165, 1.54) is 0 Å². The van der Waals surface area contributed by atoms with Gasteiger partial charge in [-0.3, -0.25) is 0 Å². The van der Waals surface area contributed by atoms with Gasteiger partial charge in [0.1, 0.15) is 0 Å². The summed E-state index contributed by atoms with van der Waals surface area (Å²) in [5.41, 5.74) is 4.96. The van der Waals surface area contributed by atoms with E-state index in [9.17, 15) is 18.3 Å². The molecule has 4 aromatic carbocycles. The van der Waals surface area contributed by atoms with E-state index < -0.39 is 15.8 Å². The van der Waals surface area contributed by atoms with Crippen molar-refractivity contribution in [2.24, 2.45) is 0 Å². The van der Waals surface area contributed by atoms with Crippen molar-refractivity contribution < 1.29 is 18.3 Å². The van der Waals surface area contributed by atoms with Crippen LogP contribution in [-0.4, -0.2) is 35.5 Å². The van der Waals surface area contributed by atoms with Crippen LogP contribution in [0, 0.1) is 0 Å². The van der Waals surface area contributed by atoms with Crippen LogP contribution in [0.25, 0.3) is 38.7 Å². The second-order valence-corrected chi connectivity index (χ2v) is 11.0. The normalized spacial score (nSPS) is 12.8. The van der Waals surface area contributed by atoms with Gasteiger partial charge in [0.25, 0.3) is 0 Å². The highest BCUT2D eigenvalue weighted by Gasteiger charge is 2.33. The Morgan fingerprint density at radius 3 is 2.36 bits per heavy atom. The highest BCUT2D eigenvalue weighted by Crippen LogP contribution is 2.45. The average Bonchev–Trinajstić information content (AvgIpc) is 3.32. The Balaban J connectivity index is 1.73. The molecule has 0 spiro atoms. The molecule has 1 aliphatic rings. The summed E-state index contributed by atoms with van der Waals surface area (Å²) in [7, 11) is -3.85. The number of para-hydroxylation sites is 1. The van der Waals surface area contributed by atoms with Crippen molar-refractivity contribution >= 4 is 26.6 Å². The summed E-state index contributed by atoms with van der Waals surface area (Å²) in [5.74, 6) is -1.27. The summed E-state index contributed by atoms with van der Waals surface area (Å²) >= 11 is 0. The first-order valence-corrected chi connectivity index (χ1v) is 13.5. The number of carbonyl (C=O) groups is 1. The lowest BCUT2D eigenvalue weighted by molar-refractivity contribution is 0.0693. The zero-order valence-corrected chi connectivity index (χ0v) is 20.3. The van der Waals surface area contributed by atoms with Crippen molar-refractivity contribution in [1.82, 2.24) is 9.78 Å². The zero-order chi connectivity index (χ0) is 25.0. The summed E-state index contributed by atoms with van der Waals surface area (Å²) in [5, 5.41) is 17.0. The van der Waals surface area contributed by atoms with E-state index in [2.05, 4.69) is 0 Å². The van der Waals surface area contributed by atoms with Crippen LogP contribution >= 0.6 is 0 Å². The molecule has 1 aliphatic carbocycles. The Bertz CT molecular complexity index is 1780. The largest absolute Gasteiger partial charge is 0.478 e. The first-order valence-electron chi connectivity index (χ1n) is 11.6. The molecule has 36 heavy (non-hydrogen) atoms. The fraction of sp³-hybridized carbons (Fsp3) is 0.103. The minimum Gasteiger partial charge on any atom is -0.478 e. The number of fused-ring (bicyclic) bond motifs is 4. The van der Waals surface area contributed by atoms with E-state index >= 15 is 0 Å². The topological polar surface area (TPSA) is 89.3 Å². The number of nitrogens with zero attached hydrogens (tertiary/aromatic N) is 2. The fourth-order valence-electron chi connectivity index (χ4n) is 5.22. The third-order valence-electron chi connectivity index (χ3n) is 6.78. The lowest BCUT2D eigenvalue weighted by Crippen LogP contribution is -2.16. The molecule has 0 aliphatic heterocycles. The molecular weight excluding hydrogens is 472 g/mol. The van der Waals surface area contributed by atoms with Crippen LogP contribution in [0.2, 0.25) is 0 Å². The molecule has 1 heterocycles. The van der Waals surface area contributed by atoms with Gasteiger partial charge in [-0.1, -0.05) is 60.7 Å². The summed E-state index contributed by atoms with van der Waals surface area (Å²) in [6.07, 6.45) is 4.05. The third kappa shape index (κ3) is 3.51. The van der Waals surface area contributed by atoms with E-state index in [4.69, 9.17) is 5.10 Å². The number of sulfone groups is 1. The van der Waals surface area contributed by atoms with Gasteiger partial charge in [0.2, 0.25) is 0 Å². The van der Waals surface area contributed by atoms with Crippen LogP contribution in [0.15, 0.2) is 90.0 Å². The number of carboxylic acid groups (broad SMARTS) is 1. The average molecular weight is 495 g/mol. The molecule has 0 bridgehead atoms. The Kier molecular flexibility index (Phi) is 5.05. The molecule has 178 valence electrons. The predicted molar refractivity (Wildman–Crippen MR) is 139 cm³/mol. The number of hydrogen-bond acceptors (Lipinski definition) is 4. The number of hydrogen-bond donors (Lipinski definition) is 1. The summed E-state index contributed by atoms with van der Waals surface area (Å²) in [6.45, 7) is 0. The van der Waals surface area contributed by atoms with Crippen molar-refractivity contribution in [1.29, 1.82) is 0 Å². The Morgan fingerprint density at radius 2 is 1.61 bits per heavy atom. The van der Waals surface area contributed by atoms with Crippen molar-refractivity contribution in [3.63, 3.8) is 0 Å². The Hall–Kier alpha value is -4.23. The SMILES string of the molecule is CS(=O)(=O)c1cc(-c2cccc3ccccc23)c2c(c1C(=O)O)-c1cn(-c3ccccc3)nc1CC2. The molecule has 0 saturated carbocycles.